The Labute approximate surface area is 150 Å². The van der Waals surface area contributed by atoms with Gasteiger partial charge in [-0.05, 0) is 24.6 Å². The van der Waals surface area contributed by atoms with Crippen LogP contribution in [0.25, 0.3) is 11.2 Å². The van der Waals surface area contributed by atoms with Gasteiger partial charge in [-0.3, -0.25) is 4.57 Å². The molecule has 2 aromatic heterocycles. The largest absolute Gasteiger partial charge is 0.409 e. The Morgan fingerprint density at radius 1 is 1.32 bits per heavy atom. The van der Waals surface area contributed by atoms with E-state index in [0.29, 0.717) is 17.0 Å². The summed E-state index contributed by atoms with van der Waals surface area (Å²) in [5.41, 5.74) is 7.22. The Morgan fingerprint density at radius 3 is 2.68 bits per heavy atom. The smallest absolute Gasteiger partial charge is 0.192 e. The third-order valence-corrected chi connectivity index (χ3v) is 10.0. The fraction of sp³-hybridized carbons (Fsp3) is 0.706. The van der Waals surface area contributed by atoms with Gasteiger partial charge in [-0.25, -0.2) is 15.0 Å². The zero-order chi connectivity index (χ0) is 18.4. The number of ether oxygens (including phenoxy) is 1. The average molecular weight is 364 g/mol. The number of imidazole rings is 1. The summed E-state index contributed by atoms with van der Waals surface area (Å²) in [5.74, 6) is 0.385. The van der Waals surface area contributed by atoms with Gasteiger partial charge in [-0.15, -0.1) is 0 Å². The fourth-order valence-electron chi connectivity index (χ4n) is 2.94. The fourth-order valence-corrected chi connectivity index (χ4v) is 4.26. The molecule has 3 rings (SSSR count). The second-order valence-electron chi connectivity index (χ2n) is 8.29. The molecule has 7 nitrogen and oxygen atoms in total. The Hall–Kier alpha value is -1.51. The molecule has 1 aliphatic rings. The highest BCUT2D eigenvalue weighted by atomic mass is 28.4. The second kappa shape index (κ2) is 6.33. The normalized spacial score (nSPS) is 25.0. The van der Waals surface area contributed by atoms with Gasteiger partial charge < -0.3 is 14.9 Å². The van der Waals surface area contributed by atoms with Gasteiger partial charge in [-0.1, -0.05) is 27.7 Å². The molecule has 0 aliphatic carbocycles. The molecule has 0 saturated carbocycles. The summed E-state index contributed by atoms with van der Waals surface area (Å²) in [4.78, 5) is 12.8. The van der Waals surface area contributed by atoms with E-state index in [9.17, 15) is 0 Å². The van der Waals surface area contributed by atoms with E-state index in [1.165, 1.54) is 6.33 Å². The molecular formula is C17H29N5O2Si. The molecule has 0 spiro atoms. The average Bonchev–Trinajstić information content (AvgIpc) is 3.10. The van der Waals surface area contributed by atoms with Gasteiger partial charge in [0.2, 0.25) is 0 Å². The second-order valence-corrected chi connectivity index (χ2v) is 13.0. The molecule has 3 atom stereocenters. The lowest BCUT2D eigenvalue weighted by Crippen LogP contribution is -2.45. The van der Waals surface area contributed by atoms with Gasteiger partial charge in [0, 0.05) is 6.42 Å². The molecule has 0 radical (unpaired) electrons. The SMILES string of the molecule is CC[C@@H]1C[C@@H](O[Si](C)(C)C(C)(C)C)[C@H](n2cnc3c(N)ncnc32)O1. The summed E-state index contributed by atoms with van der Waals surface area (Å²) in [6.07, 6.45) is 4.96. The summed E-state index contributed by atoms with van der Waals surface area (Å²) in [6, 6.07) is 0. The standard InChI is InChI=1S/C17H29N5O2Si/c1-7-11-8-12(24-25(5,6)17(2,3)4)16(23-11)22-10-21-13-14(18)19-9-20-15(13)22/h9-12,16H,7-8H2,1-6H3,(H2,18,19,20)/t11-,12-,16-/m1/s1. The molecule has 3 heterocycles. The van der Waals surface area contributed by atoms with E-state index in [4.69, 9.17) is 14.9 Å². The van der Waals surface area contributed by atoms with Crippen molar-refractivity contribution in [3.8, 4) is 0 Å². The van der Waals surface area contributed by atoms with Crippen LogP contribution in [0.4, 0.5) is 5.82 Å². The maximum absolute atomic E-state index is 6.70. The summed E-state index contributed by atoms with van der Waals surface area (Å²) in [6.45, 7) is 13.4. The van der Waals surface area contributed by atoms with Crippen molar-refractivity contribution in [2.75, 3.05) is 5.73 Å². The number of fused-ring (bicyclic) bond motifs is 1. The maximum Gasteiger partial charge on any atom is 0.192 e. The number of hydrogen-bond acceptors (Lipinski definition) is 6. The summed E-state index contributed by atoms with van der Waals surface area (Å²) < 4.78 is 14.9. The molecule has 1 aliphatic heterocycles. The molecule has 1 saturated heterocycles. The van der Waals surface area contributed by atoms with E-state index >= 15 is 0 Å². The molecule has 1 fully saturated rings. The van der Waals surface area contributed by atoms with Crippen molar-refractivity contribution < 1.29 is 9.16 Å². The van der Waals surface area contributed by atoms with Gasteiger partial charge in [0.25, 0.3) is 0 Å². The van der Waals surface area contributed by atoms with Crippen LogP contribution in [0.1, 0.15) is 46.8 Å². The van der Waals surface area contributed by atoms with Gasteiger partial charge >= 0.3 is 0 Å². The minimum absolute atomic E-state index is 0.0144. The summed E-state index contributed by atoms with van der Waals surface area (Å²) in [7, 11) is -1.92. The zero-order valence-electron chi connectivity index (χ0n) is 16.0. The van der Waals surface area contributed by atoms with Crippen molar-refractivity contribution in [2.24, 2.45) is 0 Å². The number of aromatic nitrogens is 4. The number of nitrogens with two attached hydrogens (primary N) is 1. The number of nitrogens with zero attached hydrogens (tertiary/aromatic N) is 4. The van der Waals surface area contributed by atoms with Crippen molar-refractivity contribution in [1.29, 1.82) is 0 Å². The first kappa shape index (κ1) is 18.3. The molecule has 2 N–H and O–H groups in total. The number of hydrogen-bond donors (Lipinski definition) is 1. The lowest BCUT2D eigenvalue weighted by molar-refractivity contribution is -0.0320. The first-order valence-electron chi connectivity index (χ1n) is 8.90. The predicted octanol–water partition coefficient (Wildman–Crippen LogP) is 3.50. The van der Waals surface area contributed by atoms with Crippen LogP contribution in [0.15, 0.2) is 12.7 Å². The van der Waals surface area contributed by atoms with E-state index in [1.807, 2.05) is 4.57 Å². The van der Waals surface area contributed by atoms with Crippen molar-refractivity contribution in [3.05, 3.63) is 12.7 Å². The topological polar surface area (TPSA) is 88.1 Å². The lowest BCUT2D eigenvalue weighted by atomic mass is 10.1. The number of anilines is 1. The predicted molar refractivity (Wildman–Crippen MR) is 101 cm³/mol. The minimum atomic E-state index is -1.92. The number of nitrogen functional groups attached to an aromatic ring is 1. The van der Waals surface area contributed by atoms with Crippen molar-refractivity contribution in [1.82, 2.24) is 19.5 Å². The van der Waals surface area contributed by atoms with Gasteiger partial charge in [0.15, 0.2) is 26.0 Å². The van der Waals surface area contributed by atoms with Crippen LogP contribution in [0.5, 0.6) is 0 Å². The third kappa shape index (κ3) is 3.30. The number of rotatable bonds is 4. The van der Waals surface area contributed by atoms with Crippen molar-refractivity contribution >= 4 is 25.3 Å². The Balaban J connectivity index is 1.96. The van der Waals surface area contributed by atoms with Gasteiger partial charge in [0.05, 0.1) is 18.5 Å². The molecule has 2 aromatic rings. The monoisotopic (exact) mass is 363 g/mol. The molecule has 25 heavy (non-hydrogen) atoms. The third-order valence-electron chi connectivity index (χ3n) is 5.51. The van der Waals surface area contributed by atoms with E-state index in [-0.39, 0.29) is 23.5 Å². The molecule has 0 unspecified atom stereocenters. The summed E-state index contributed by atoms with van der Waals surface area (Å²) >= 11 is 0. The summed E-state index contributed by atoms with van der Waals surface area (Å²) in [5, 5.41) is 0.144. The molecule has 0 bridgehead atoms. The first-order valence-corrected chi connectivity index (χ1v) is 11.8. The highest BCUT2D eigenvalue weighted by molar-refractivity contribution is 6.74. The molecular weight excluding hydrogens is 334 g/mol. The highest BCUT2D eigenvalue weighted by Gasteiger charge is 2.45. The first-order chi connectivity index (χ1) is 11.6. The van der Waals surface area contributed by atoms with Gasteiger partial charge in [0.1, 0.15) is 11.8 Å². The molecule has 0 amide bonds. The van der Waals surface area contributed by atoms with Crippen molar-refractivity contribution in [3.63, 3.8) is 0 Å². The van der Waals surface area contributed by atoms with Crippen LogP contribution >= 0.6 is 0 Å². The van der Waals surface area contributed by atoms with Crippen LogP contribution in [-0.4, -0.2) is 40.0 Å². The van der Waals surface area contributed by atoms with Crippen LogP contribution in [0, 0.1) is 0 Å². The quantitative estimate of drug-likeness (QED) is 0.837. The van der Waals surface area contributed by atoms with E-state index in [1.54, 1.807) is 6.33 Å². The Morgan fingerprint density at radius 2 is 2.04 bits per heavy atom. The lowest BCUT2D eigenvalue weighted by Gasteiger charge is -2.39. The van der Waals surface area contributed by atoms with Crippen LogP contribution in [0.2, 0.25) is 18.1 Å². The van der Waals surface area contributed by atoms with E-state index < -0.39 is 8.32 Å². The van der Waals surface area contributed by atoms with E-state index in [2.05, 4.69) is 55.7 Å². The minimum Gasteiger partial charge on any atom is -0.409 e. The van der Waals surface area contributed by atoms with Crippen LogP contribution in [0.3, 0.4) is 0 Å². The van der Waals surface area contributed by atoms with Crippen molar-refractivity contribution in [2.45, 2.75) is 77.1 Å². The Kier molecular flexibility index (Phi) is 4.63. The molecule has 0 aromatic carbocycles. The zero-order valence-corrected chi connectivity index (χ0v) is 17.0. The Bertz CT molecular complexity index is 755. The van der Waals surface area contributed by atoms with Gasteiger partial charge in [-0.2, -0.15) is 0 Å². The molecule has 8 heteroatoms. The van der Waals surface area contributed by atoms with E-state index in [0.717, 1.165) is 12.8 Å². The maximum atomic E-state index is 6.70. The van der Waals surface area contributed by atoms with Crippen LogP contribution < -0.4 is 5.73 Å². The highest BCUT2D eigenvalue weighted by Crippen LogP contribution is 2.42. The van der Waals surface area contributed by atoms with Crippen LogP contribution in [-0.2, 0) is 9.16 Å². The molecule has 138 valence electrons.